The van der Waals surface area contributed by atoms with Crippen LogP contribution in [0.15, 0.2) is 30.3 Å². The number of Topliss-reactive ketones (excluding diaryl/α,β-unsaturated/α-hetero) is 1. The molecule has 19 heavy (non-hydrogen) atoms. The molecule has 4 heteroatoms. The van der Waals surface area contributed by atoms with Gasteiger partial charge in [0.25, 0.3) is 0 Å². The van der Waals surface area contributed by atoms with Crippen molar-refractivity contribution in [2.24, 2.45) is 0 Å². The van der Waals surface area contributed by atoms with Crippen LogP contribution in [-0.4, -0.2) is 10.8 Å². The number of carbonyl (C=O) groups is 1. The summed E-state index contributed by atoms with van der Waals surface area (Å²) in [6.45, 7) is 3.52. The summed E-state index contributed by atoms with van der Waals surface area (Å²) >= 11 is 0. The molecule has 0 aliphatic rings. The van der Waals surface area contributed by atoms with Crippen LogP contribution in [-0.2, 0) is 6.42 Å². The molecule has 0 atom stereocenters. The van der Waals surface area contributed by atoms with Crippen LogP contribution in [0.1, 0.15) is 27.3 Å². The SMILES string of the molecule is Cc1ccc(C(=O)Cc2c(F)cccc2F)c(C)n1. The molecule has 98 valence electrons. The van der Waals surface area contributed by atoms with Crippen LogP contribution in [0.5, 0.6) is 0 Å². The second-order valence-corrected chi connectivity index (χ2v) is 4.39. The van der Waals surface area contributed by atoms with E-state index in [2.05, 4.69) is 4.98 Å². The van der Waals surface area contributed by atoms with Crippen LogP contribution in [0, 0.1) is 25.5 Å². The van der Waals surface area contributed by atoms with E-state index in [9.17, 15) is 13.6 Å². The highest BCUT2D eigenvalue weighted by atomic mass is 19.1. The van der Waals surface area contributed by atoms with Crippen molar-refractivity contribution in [1.29, 1.82) is 0 Å². The topological polar surface area (TPSA) is 30.0 Å². The highest BCUT2D eigenvalue weighted by molar-refractivity contribution is 5.98. The third-order valence-electron chi connectivity index (χ3n) is 2.92. The number of rotatable bonds is 3. The molecule has 0 amide bonds. The van der Waals surface area contributed by atoms with Gasteiger partial charge >= 0.3 is 0 Å². The number of hydrogen-bond donors (Lipinski definition) is 0. The molecule has 1 aromatic carbocycles. The van der Waals surface area contributed by atoms with Crippen molar-refractivity contribution >= 4 is 5.78 Å². The Balaban J connectivity index is 2.31. The Morgan fingerprint density at radius 2 is 1.74 bits per heavy atom. The van der Waals surface area contributed by atoms with Gasteiger partial charge in [-0.2, -0.15) is 0 Å². The predicted octanol–water partition coefficient (Wildman–Crippen LogP) is 3.40. The number of aromatic nitrogens is 1. The van der Waals surface area contributed by atoms with Gasteiger partial charge in [-0.3, -0.25) is 9.78 Å². The molecule has 0 aliphatic carbocycles. The summed E-state index contributed by atoms with van der Waals surface area (Å²) in [6.07, 6.45) is -0.302. The molecule has 2 aromatic rings. The van der Waals surface area contributed by atoms with Crippen LogP contribution in [0.3, 0.4) is 0 Å². The predicted molar refractivity (Wildman–Crippen MR) is 68.1 cm³/mol. The smallest absolute Gasteiger partial charge is 0.169 e. The van der Waals surface area contributed by atoms with Crippen LogP contribution in [0.2, 0.25) is 0 Å². The molecule has 0 radical (unpaired) electrons. The summed E-state index contributed by atoms with van der Waals surface area (Å²) in [6, 6.07) is 6.91. The van der Waals surface area contributed by atoms with Gasteiger partial charge in [0.1, 0.15) is 11.6 Å². The molecule has 0 aliphatic heterocycles. The quantitative estimate of drug-likeness (QED) is 0.792. The lowest BCUT2D eigenvalue weighted by atomic mass is 10.0. The van der Waals surface area contributed by atoms with E-state index in [-0.39, 0.29) is 17.8 Å². The molecule has 0 fully saturated rings. The largest absolute Gasteiger partial charge is 0.294 e. The monoisotopic (exact) mass is 261 g/mol. The molecule has 2 rings (SSSR count). The minimum atomic E-state index is -0.703. The van der Waals surface area contributed by atoms with E-state index in [0.29, 0.717) is 11.3 Å². The number of carbonyl (C=O) groups excluding carboxylic acids is 1. The minimum Gasteiger partial charge on any atom is -0.294 e. The number of hydrogen-bond acceptors (Lipinski definition) is 2. The summed E-state index contributed by atoms with van der Waals surface area (Å²) in [4.78, 5) is 16.3. The maximum atomic E-state index is 13.5. The van der Waals surface area contributed by atoms with Gasteiger partial charge in [-0.05, 0) is 38.1 Å². The van der Waals surface area contributed by atoms with Crippen molar-refractivity contribution in [3.8, 4) is 0 Å². The van der Waals surface area contributed by atoms with Gasteiger partial charge in [-0.15, -0.1) is 0 Å². The molecule has 0 spiro atoms. The summed E-state index contributed by atoms with van der Waals surface area (Å²) in [5.74, 6) is -1.74. The number of nitrogens with zero attached hydrogens (tertiary/aromatic N) is 1. The number of ketones is 1. The fraction of sp³-hybridized carbons (Fsp3) is 0.200. The normalized spacial score (nSPS) is 10.5. The second kappa shape index (κ2) is 5.26. The zero-order chi connectivity index (χ0) is 14.0. The first-order valence-electron chi connectivity index (χ1n) is 5.89. The molecule has 0 unspecified atom stereocenters. The first-order chi connectivity index (χ1) is 8.99. The second-order valence-electron chi connectivity index (χ2n) is 4.39. The Kier molecular flexibility index (Phi) is 3.69. The highest BCUT2D eigenvalue weighted by Gasteiger charge is 2.16. The molecule has 1 aromatic heterocycles. The van der Waals surface area contributed by atoms with Crippen molar-refractivity contribution in [1.82, 2.24) is 4.98 Å². The Labute approximate surface area is 110 Å². The summed E-state index contributed by atoms with van der Waals surface area (Å²) < 4.78 is 27.0. The van der Waals surface area contributed by atoms with Crippen LogP contribution >= 0.6 is 0 Å². The van der Waals surface area contributed by atoms with E-state index < -0.39 is 11.6 Å². The first kappa shape index (κ1) is 13.3. The minimum absolute atomic E-state index is 0.201. The third-order valence-corrected chi connectivity index (χ3v) is 2.92. The zero-order valence-electron chi connectivity index (χ0n) is 10.7. The van der Waals surface area contributed by atoms with Crippen molar-refractivity contribution in [3.63, 3.8) is 0 Å². The first-order valence-corrected chi connectivity index (χ1v) is 5.89. The van der Waals surface area contributed by atoms with Gasteiger partial charge in [-0.1, -0.05) is 6.07 Å². The summed E-state index contributed by atoms with van der Waals surface area (Å²) in [5.41, 5.74) is 1.56. The van der Waals surface area contributed by atoms with E-state index in [1.54, 1.807) is 19.1 Å². The Bertz CT molecular complexity index is 618. The fourth-order valence-corrected chi connectivity index (χ4v) is 1.94. The molecule has 0 N–H and O–H groups in total. The van der Waals surface area contributed by atoms with Crippen molar-refractivity contribution in [2.45, 2.75) is 20.3 Å². The van der Waals surface area contributed by atoms with Crippen LogP contribution < -0.4 is 0 Å². The van der Waals surface area contributed by atoms with Gasteiger partial charge in [-0.25, -0.2) is 8.78 Å². The zero-order valence-corrected chi connectivity index (χ0v) is 10.7. The van der Waals surface area contributed by atoms with Crippen LogP contribution in [0.4, 0.5) is 8.78 Å². The molecular weight excluding hydrogens is 248 g/mol. The number of benzene rings is 1. The van der Waals surface area contributed by atoms with E-state index in [1.165, 1.54) is 6.07 Å². The molecule has 0 saturated carbocycles. The van der Waals surface area contributed by atoms with E-state index in [0.717, 1.165) is 17.8 Å². The average Bonchev–Trinajstić information content (AvgIpc) is 2.33. The Morgan fingerprint density at radius 3 is 2.32 bits per heavy atom. The lowest BCUT2D eigenvalue weighted by Crippen LogP contribution is -2.10. The summed E-state index contributed by atoms with van der Waals surface area (Å²) in [5, 5.41) is 0. The Morgan fingerprint density at radius 1 is 1.11 bits per heavy atom. The molecule has 0 saturated heterocycles. The highest BCUT2D eigenvalue weighted by Crippen LogP contribution is 2.16. The standard InChI is InChI=1S/C15H13F2NO/c1-9-6-7-11(10(2)18-9)15(19)8-12-13(16)4-3-5-14(12)17/h3-7H,8H2,1-2H3. The van der Waals surface area contributed by atoms with Gasteiger partial charge in [0, 0.05) is 28.9 Å². The van der Waals surface area contributed by atoms with Gasteiger partial charge in [0.05, 0.1) is 0 Å². The van der Waals surface area contributed by atoms with E-state index in [1.807, 2.05) is 6.92 Å². The number of halogens is 2. The number of pyridine rings is 1. The van der Waals surface area contributed by atoms with Crippen LogP contribution in [0.25, 0.3) is 0 Å². The van der Waals surface area contributed by atoms with E-state index >= 15 is 0 Å². The number of aryl methyl sites for hydroxylation is 2. The van der Waals surface area contributed by atoms with Gasteiger partial charge < -0.3 is 0 Å². The van der Waals surface area contributed by atoms with Crippen molar-refractivity contribution in [2.75, 3.05) is 0 Å². The third kappa shape index (κ3) is 2.84. The maximum absolute atomic E-state index is 13.5. The maximum Gasteiger partial charge on any atom is 0.169 e. The molecule has 1 heterocycles. The lowest BCUT2D eigenvalue weighted by Gasteiger charge is -2.07. The van der Waals surface area contributed by atoms with Gasteiger partial charge in [0.2, 0.25) is 0 Å². The molecule has 0 bridgehead atoms. The lowest BCUT2D eigenvalue weighted by molar-refractivity contribution is 0.0989. The van der Waals surface area contributed by atoms with Crippen molar-refractivity contribution < 1.29 is 13.6 Å². The summed E-state index contributed by atoms with van der Waals surface area (Å²) in [7, 11) is 0. The molecular formula is C15H13F2NO. The van der Waals surface area contributed by atoms with E-state index in [4.69, 9.17) is 0 Å². The molecule has 2 nitrogen and oxygen atoms in total. The Hall–Kier alpha value is -2.10. The van der Waals surface area contributed by atoms with Crippen molar-refractivity contribution in [3.05, 3.63) is 64.5 Å². The average molecular weight is 261 g/mol. The fourth-order valence-electron chi connectivity index (χ4n) is 1.94. The van der Waals surface area contributed by atoms with Gasteiger partial charge in [0.15, 0.2) is 5.78 Å².